The number of amides is 2. The highest BCUT2D eigenvalue weighted by Gasteiger charge is 2.14. The van der Waals surface area contributed by atoms with Crippen molar-refractivity contribution in [1.82, 2.24) is 10.6 Å². The number of hydrogen-bond acceptors (Lipinski definition) is 2. The maximum atomic E-state index is 11.5. The Morgan fingerprint density at radius 3 is 2.39 bits per heavy atom. The molecule has 0 aliphatic rings. The lowest BCUT2D eigenvalue weighted by Crippen LogP contribution is -2.43. The first-order valence-electron chi connectivity index (χ1n) is 5.86. The molecular formula is C13H17ClN2O2. The molecule has 0 spiro atoms. The van der Waals surface area contributed by atoms with Crippen LogP contribution in [-0.2, 0) is 16.1 Å². The van der Waals surface area contributed by atoms with Crippen LogP contribution in [0.4, 0.5) is 0 Å². The predicted octanol–water partition coefficient (Wildman–Crippen LogP) is 1.87. The van der Waals surface area contributed by atoms with Gasteiger partial charge in [0.25, 0.3) is 0 Å². The van der Waals surface area contributed by atoms with Crippen LogP contribution in [-0.4, -0.2) is 17.9 Å². The highest BCUT2D eigenvalue weighted by molar-refractivity contribution is 6.35. The predicted molar refractivity (Wildman–Crippen MR) is 71.2 cm³/mol. The topological polar surface area (TPSA) is 58.2 Å². The fourth-order valence-electron chi connectivity index (χ4n) is 1.26. The van der Waals surface area contributed by atoms with E-state index in [4.69, 9.17) is 11.6 Å². The molecule has 1 aromatic carbocycles. The van der Waals surface area contributed by atoms with E-state index in [0.717, 1.165) is 12.0 Å². The number of rotatable bonds is 4. The zero-order valence-corrected chi connectivity index (χ0v) is 11.3. The van der Waals surface area contributed by atoms with Crippen molar-refractivity contribution in [2.24, 2.45) is 0 Å². The lowest BCUT2D eigenvalue weighted by molar-refractivity contribution is -0.139. The molecule has 1 atom stereocenters. The van der Waals surface area contributed by atoms with E-state index in [2.05, 4.69) is 10.6 Å². The fourth-order valence-corrected chi connectivity index (χ4v) is 1.38. The first kappa shape index (κ1) is 14.5. The van der Waals surface area contributed by atoms with Gasteiger partial charge in [-0.2, -0.15) is 0 Å². The molecule has 0 aromatic heterocycles. The maximum absolute atomic E-state index is 11.5. The van der Waals surface area contributed by atoms with E-state index in [0.29, 0.717) is 11.6 Å². The summed E-state index contributed by atoms with van der Waals surface area (Å²) in [5.74, 6) is -1.22. The lowest BCUT2D eigenvalue weighted by Gasteiger charge is -2.11. The lowest BCUT2D eigenvalue weighted by atomic mass is 10.2. The Kier molecular flexibility index (Phi) is 5.65. The molecule has 0 radical (unpaired) electrons. The van der Waals surface area contributed by atoms with Gasteiger partial charge in [0, 0.05) is 17.6 Å². The Hall–Kier alpha value is -1.55. The summed E-state index contributed by atoms with van der Waals surface area (Å²) in [4.78, 5) is 22.9. The van der Waals surface area contributed by atoms with Crippen LogP contribution in [0.1, 0.15) is 25.8 Å². The third-order valence-electron chi connectivity index (χ3n) is 2.56. The molecule has 0 bridgehead atoms. The van der Waals surface area contributed by atoms with Crippen molar-refractivity contribution in [3.63, 3.8) is 0 Å². The van der Waals surface area contributed by atoms with E-state index >= 15 is 0 Å². The van der Waals surface area contributed by atoms with Crippen LogP contribution in [0.2, 0.25) is 5.02 Å². The summed E-state index contributed by atoms with van der Waals surface area (Å²) >= 11 is 5.75. The number of nitrogens with one attached hydrogen (secondary N) is 2. The molecule has 0 fully saturated rings. The standard InChI is InChI=1S/C13H17ClN2O2/c1-3-9(2)16-13(18)12(17)15-8-10-4-6-11(14)7-5-10/h4-7,9H,3,8H2,1-2H3,(H,15,17)(H,16,18)/t9-/m1/s1. The SMILES string of the molecule is CC[C@@H](C)NC(=O)C(=O)NCc1ccc(Cl)cc1. The second kappa shape index (κ2) is 7.01. The summed E-state index contributed by atoms with van der Waals surface area (Å²) in [6.07, 6.45) is 0.788. The quantitative estimate of drug-likeness (QED) is 0.819. The normalized spacial score (nSPS) is 11.7. The zero-order chi connectivity index (χ0) is 13.5. The van der Waals surface area contributed by atoms with Crippen LogP contribution < -0.4 is 10.6 Å². The zero-order valence-electron chi connectivity index (χ0n) is 10.5. The van der Waals surface area contributed by atoms with E-state index in [1.54, 1.807) is 24.3 Å². The van der Waals surface area contributed by atoms with Crippen LogP contribution >= 0.6 is 11.6 Å². The van der Waals surface area contributed by atoms with E-state index in [-0.39, 0.29) is 6.04 Å². The van der Waals surface area contributed by atoms with Crippen LogP contribution in [0.3, 0.4) is 0 Å². The average Bonchev–Trinajstić information content (AvgIpc) is 2.37. The van der Waals surface area contributed by atoms with Gasteiger partial charge in [-0.05, 0) is 31.0 Å². The van der Waals surface area contributed by atoms with E-state index < -0.39 is 11.8 Å². The van der Waals surface area contributed by atoms with E-state index in [9.17, 15) is 9.59 Å². The van der Waals surface area contributed by atoms with Crippen molar-refractivity contribution in [3.05, 3.63) is 34.9 Å². The second-order valence-corrected chi connectivity index (χ2v) is 4.53. The Bertz CT molecular complexity index is 418. The Labute approximate surface area is 112 Å². The molecule has 5 heteroatoms. The molecule has 18 heavy (non-hydrogen) atoms. The van der Waals surface area contributed by atoms with Crippen molar-refractivity contribution in [2.45, 2.75) is 32.9 Å². The minimum Gasteiger partial charge on any atom is -0.345 e. The summed E-state index contributed by atoms with van der Waals surface area (Å²) < 4.78 is 0. The van der Waals surface area contributed by atoms with Gasteiger partial charge in [-0.15, -0.1) is 0 Å². The van der Waals surface area contributed by atoms with Gasteiger partial charge in [-0.1, -0.05) is 30.7 Å². The highest BCUT2D eigenvalue weighted by atomic mass is 35.5. The molecule has 0 saturated heterocycles. The molecule has 98 valence electrons. The highest BCUT2D eigenvalue weighted by Crippen LogP contribution is 2.08. The number of hydrogen-bond donors (Lipinski definition) is 2. The summed E-state index contributed by atoms with van der Waals surface area (Å²) in [5.41, 5.74) is 0.893. The first-order valence-corrected chi connectivity index (χ1v) is 6.24. The van der Waals surface area contributed by atoms with E-state index in [1.807, 2.05) is 13.8 Å². The largest absolute Gasteiger partial charge is 0.345 e. The van der Waals surface area contributed by atoms with E-state index in [1.165, 1.54) is 0 Å². The van der Waals surface area contributed by atoms with Crippen molar-refractivity contribution < 1.29 is 9.59 Å². The van der Waals surface area contributed by atoms with Crippen LogP contribution in [0, 0.1) is 0 Å². The average molecular weight is 269 g/mol. The molecule has 0 unspecified atom stereocenters. The van der Waals surface area contributed by atoms with Crippen molar-refractivity contribution >= 4 is 23.4 Å². The fraction of sp³-hybridized carbons (Fsp3) is 0.385. The number of carbonyl (C=O) groups is 2. The number of carbonyl (C=O) groups excluding carboxylic acids is 2. The van der Waals surface area contributed by atoms with Crippen LogP contribution in [0.5, 0.6) is 0 Å². The summed E-state index contributed by atoms with van der Waals surface area (Å²) in [6, 6.07) is 7.08. The van der Waals surface area contributed by atoms with Gasteiger partial charge in [0.05, 0.1) is 0 Å². The Balaban J connectivity index is 2.41. The Morgan fingerprint density at radius 2 is 1.83 bits per heavy atom. The third-order valence-corrected chi connectivity index (χ3v) is 2.81. The smallest absolute Gasteiger partial charge is 0.309 e. The summed E-state index contributed by atoms with van der Waals surface area (Å²) in [6.45, 7) is 4.10. The first-order chi connectivity index (χ1) is 8.52. The molecule has 0 aliphatic heterocycles. The monoisotopic (exact) mass is 268 g/mol. The molecular weight excluding hydrogens is 252 g/mol. The van der Waals surface area contributed by atoms with Crippen molar-refractivity contribution in [2.75, 3.05) is 0 Å². The minimum absolute atomic E-state index is 0.00113. The van der Waals surface area contributed by atoms with Gasteiger partial charge < -0.3 is 10.6 Å². The molecule has 2 N–H and O–H groups in total. The van der Waals surface area contributed by atoms with Crippen LogP contribution in [0.25, 0.3) is 0 Å². The summed E-state index contributed by atoms with van der Waals surface area (Å²) in [5, 5.41) is 5.79. The molecule has 2 amide bonds. The molecule has 0 saturated carbocycles. The van der Waals surface area contributed by atoms with Gasteiger partial charge >= 0.3 is 11.8 Å². The van der Waals surface area contributed by atoms with Gasteiger partial charge in [0.2, 0.25) is 0 Å². The molecule has 1 rings (SSSR count). The summed E-state index contributed by atoms with van der Waals surface area (Å²) in [7, 11) is 0. The molecule has 4 nitrogen and oxygen atoms in total. The van der Waals surface area contributed by atoms with Crippen molar-refractivity contribution in [3.8, 4) is 0 Å². The van der Waals surface area contributed by atoms with Gasteiger partial charge in [-0.3, -0.25) is 9.59 Å². The minimum atomic E-state index is -0.620. The van der Waals surface area contributed by atoms with Gasteiger partial charge in [0.1, 0.15) is 0 Å². The maximum Gasteiger partial charge on any atom is 0.309 e. The Morgan fingerprint density at radius 1 is 1.22 bits per heavy atom. The number of benzene rings is 1. The molecule has 0 heterocycles. The van der Waals surface area contributed by atoms with Crippen LogP contribution in [0.15, 0.2) is 24.3 Å². The third kappa shape index (κ3) is 4.75. The van der Waals surface area contributed by atoms with Crippen molar-refractivity contribution in [1.29, 1.82) is 0 Å². The van der Waals surface area contributed by atoms with Gasteiger partial charge in [0.15, 0.2) is 0 Å². The number of halogens is 1. The second-order valence-electron chi connectivity index (χ2n) is 4.09. The van der Waals surface area contributed by atoms with Gasteiger partial charge in [-0.25, -0.2) is 0 Å². The molecule has 1 aromatic rings. The molecule has 0 aliphatic carbocycles.